The minimum absolute atomic E-state index is 0.500. The first-order chi connectivity index (χ1) is 11.9. The van der Waals surface area contributed by atoms with Crippen LogP contribution in [0.3, 0.4) is 0 Å². The monoisotopic (exact) mass is 318 g/mol. The van der Waals surface area contributed by atoms with Crippen LogP contribution in [-0.2, 0) is 6.54 Å². The van der Waals surface area contributed by atoms with Crippen LogP contribution in [0.5, 0.6) is 0 Å². The fourth-order valence-corrected chi connectivity index (χ4v) is 2.37. The third-order valence-electron chi connectivity index (χ3n) is 3.79. The first-order valence-corrected chi connectivity index (χ1v) is 8.05. The van der Waals surface area contributed by atoms with Crippen LogP contribution in [0.25, 0.3) is 11.3 Å². The Hall–Kier alpha value is -3.02. The van der Waals surface area contributed by atoms with Crippen LogP contribution < -0.4 is 10.6 Å². The Morgan fingerprint density at radius 2 is 1.83 bits per heavy atom. The maximum absolute atomic E-state index is 4.62. The second-order valence-electron chi connectivity index (χ2n) is 5.84. The summed E-state index contributed by atoms with van der Waals surface area (Å²) in [6, 6.07) is 10.3. The number of nitrogens with one attached hydrogen (secondary N) is 2. The Morgan fingerprint density at radius 3 is 2.54 bits per heavy atom. The molecule has 0 aliphatic heterocycles. The number of hydrogen-bond acceptors (Lipinski definition) is 6. The van der Waals surface area contributed by atoms with Crippen molar-refractivity contribution in [2.24, 2.45) is 0 Å². The molecule has 2 N–H and O–H groups in total. The van der Waals surface area contributed by atoms with Crippen LogP contribution >= 0.6 is 0 Å². The van der Waals surface area contributed by atoms with E-state index >= 15 is 0 Å². The Labute approximate surface area is 140 Å². The summed E-state index contributed by atoms with van der Waals surface area (Å²) in [5.41, 5.74) is 2.94. The molecule has 0 bridgehead atoms. The first-order valence-electron chi connectivity index (χ1n) is 8.05. The van der Waals surface area contributed by atoms with Crippen molar-refractivity contribution >= 4 is 11.8 Å². The maximum atomic E-state index is 4.62. The number of pyridine rings is 2. The molecule has 0 saturated heterocycles. The zero-order valence-electron chi connectivity index (χ0n) is 13.2. The van der Waals surface area contributed by atoms with Gasteiger partial charge in [0.25, 0.3) is 0 Å². The molecule has 1 fully saturated rings. The number of rotatable bonds is 6. The molecule has 0 radical (unpaired) electrons. The third-order valence-corrected chi connectivity index (χ3v) is 3.79. The Morgan fingerprint density at radius 1 is 1.00 bits per heavy atom. The van der Waals surface area contributed by atoms with Crippen molar-refractivity contribution in [1.82, 2.24) is 19.9 Å². The highest BCUT2D eigenvalue weighted by Crippen LogP contribution is 2.26. The summed E-state index contributed by atoms with van der Waals surface area (Å²) in [7, 11) is 0. The Balaban J connectivity index is 1.59. The van der Waals surface area contributed by atoms with E-state index in [1.54, 1.807) is 12.4 Å². The van der Waals surface area contributed by atoms with Gasteiger partial charge >= 0.3 is 0 Å². The molecule has 6 heteroatoms. The summed E-state index contributed by atoms with van der Waals surface area (Å²) in [5.74, 6) is 1.45. The molecule has 24 heavy (non-hydrogen) atoms. The van der Waals surface area contributed by atoms with Crippen molar-refractivity contribution in [3.63, 3.8) is 0 Å². The van der Waals surface area contributed by atoms with Crippen LogP contribution in [0.15, 0.2) is 55.1 Å². The number of anilines is 2. The van der Waals surface area contributed by atoms with E-state index < -0.39 is 0 Å². The number of aromatic nitrogens is 4. The van der Waals surface area contributed by atoms with Crippen molar-refractivity contribution in [3.8, 4) is 11.3 Å². The highest BCUT2D eigenvalue weighted by molar-refractivity contribution is 5.63. The molecule has 1 aliphatic carbocycles. The summed E-state index contributed by atoms with van der Waals surface area (Å²) in [5, 5.41) is 6.72. The van der Waals surface area contributed by atoms with Crippen LogP contribution in [0.1, 0.15) is 18.4 Å². The van der Waals surface area contributed by atoms with Gasteiger partial charge in [-0.1, -0.05) is 6.07 Å². The van der Waals surface area contributed by atoms with Gasteiger partial charge in [-0.25, -0.2) is 4.98 Å². The lowest BCUT2D eigenvalue weighted by Gasteiger charge is -2.11. The van der Waals surface area contributed by atoms with Gasteiger partial charge in [0.2, 0.25) is 5.95 Å². The molecule has 0 aromatic carbocycles. The van der Waals surface area contributed by atoms with Crippen molar-refractivity contribution < 1.29 is 0 Å². The Kier molecular flexibility index (Phi) is 4.02. The number of nitrogens with zero attached hydrogens (tertiary/aromatic N) is 4. The minimum Gasteiger partial charge on any atom is -0.366 e. The summed E-state index contributed by atoms with van der Waals surface area (Å²) >= 11 is 0. The summed E-state index contributed by atoms with van der Waals surface area (Å²) in [6.45, 7) is 0.667. The molecule has 6 nitrogen and oxygen atoms in total. The van der Waals surface area contributed by atoms with E-state index in [1.807, 2.05) is 42.7 Å². The molecule has 0 atom stereocenters. The molecule has 1 saturated carbocycles. The molecule has 3 aromatic rings. The van der Waals surface area contributed by atoms with Crippen molar-refractivity contribution in [1.29, 1.82) is 0 Å². The van der Waals surface area contributed by atoms with Gasteiger partial charge in [0.1, 0.15) is 5.82 Å². The molecule has 1 aliphatic rings. The van der Waals surface area contributed by atoms with Crippen molar-refractivity contribution in [2.45, 2.75) is 25.4 Å². The van der Waals surface area contributed by atoms with Gasteiger partial charge in [-0.05, 0) is 36.6 Å². The Bertz CT molecular complexity index is 802. The lowest BCUT2D eigenvalue weighted by atomic mass is 10.2. The molecular formula is C18H18N6. The standard InChI is InChI=1S/C18H18N6/c1-3-13(10-19-7-1)11-21-17-9-16(14-4-2-8-20-12-14)23-18(24-17)22-15-5-6-15/h1-4,7-10,12,15H,5-6,11H2,(H2,21,22,23,24). The second-order valence-corrected chi connectivity index (χ2v) is 5.84. The highest BCUT2D eigenvalue weighted by Gasteiger charge is 2.22. The van der Waals surface area contributed by atoms with E-state index in [-0.39, 0.29) is 0 Å². The molecule has 0 amide bonds. The fourth-order valence-electron chi connectivity index (χ4n) is 2.37. The minimum atomic E-state index is 0.500. The van der Waals surface area contributed by atoms with Crippen LogP contribution in [0.4, 0.5) is 11.8 Å². The van der Waals surface area contributed by atoms with E-state index in [4.69, 9.17) is 0 Å². The molecular weight excluding hydrogens is 300 g/mol. The zero-order valence-corrected chi connectivity index (χ0v) is 13.2. The summed E-state index contributed by atoms with van der Waals surface area (Å²) < 4.78 is 0. The van der Waals surface area contributed by atoms with Gasteiger partial charge in [-0.15, -0.1) is 0 Å². The zero-order chi connectivity index (χ0) is 16.2. The van der Waals surface area contributed by atoms with Crippen molar-refractivity contribution in [2.75, 3.05) is 10.6 Å². The topological polar surface area (TPSA) is 75.6 Å². The van der Waals surface area contributed by atoms with Gasteiger partial charge in [-0.2, -0.15) is 4.98 Å². The predicted octanol–water partition coefficient (Wildman–Crippen LogP) is 3.12. The lowest BCUT2D eigenvalue weighted by Crippen LogP contribution is -2.09. The fraction of sp³-hybridized carbons (Fsp3) is 0.222. The first kappa shape index (κ1) is 14.6. The second kappa shape index (κ2) is 6.62. The molecule has 3 heterocycles. The van der Waals surface area contributed by atoms with Gasteiger partial charge in [0, 0.05) is 49.0 Å². The smallest absolute Gasteiger partial charge is 0.225 e. The van der Waals surface area contributed by atoms with Gasteiger partial charge < -0.3 is 10.6 Å². The summed E-state index contributed by atoms with van der Waals surface area (Å²) in [4.78, 5) is 17.5. The largest absolute Gasteiger partial charge is 0.366 e. The summed E-state index contributed by atoms with van der Waals surface area (Å²) in [6.07, 6.45) is 9.55. The third kappa shape index (κ3) is 3.65. The van der Waals surface area contributed by atoms with Gasteiger partial charge in [0.15, 0.2) is 0 Å². The highest BCUT2D eigenvalue weighted by atomic mass is 15.2. The molecule has 0 spiro atoms. The van der Waals surface area contributed by atoms with Crippen molar-refractivity contribution in [3.05, 3.63) is 60.7 Å². The van der Waals surface area contributed by atoms with E-state index in [9.17, 15) is 0 Å². The lowest BCUT2D eigenvalue weighted by molar-refractivity contribution is 1.03. The average Bonchev–Trinajstić information content (AvgIpc) is 3.45. The quantitative estimate of drug-likeness (QED) is 0.727. The average molecular weight is 318 g/mol. The predicted molar refractivity (Wildman–Crippen MR) is 93.5 cm³/mol. The van der Waals surface area contributed by atoms with E-state index in [0.717, 1.165) is 22.6 Å². The van der Waals surface area contributed by atoms with E-state index in [1.165, 1.54) is 12.8 Å². The molecule has 0 unspecified atom stereocenters. The van der Waals surface area contributed by atoms with Crippen LogP contribution in [0, 0.1) is 0 Å². The van der Waals surface area contributed by atoms with Gasteiger partial charge in [-0.3, -0.25) is 9.97 Å². The van der Waals surface area contributed by atoms with Gasteiger partial charge in [0.05, 0.1) is 5.69 Å². The van der Waals surface area contributed by atoms with E-state index in [0.29, 0.717) is 18.5 Å². The maximum Gasteiger partial charge on any atom is 0.225 e. The molecule has 120 valence electrons. The molecule has 4 rings (SSSR count). The van der Waals surface area contributed by atoms with Crippen LogP contribution in [0.2, 0.25) is 0 Å². The van der Waals surface area contributed by atoms with E-state index in [2.05, 4.69) is 30.6 Å². The normalized spacial score (nSPS) is 13.5. The molecule has 3 aromatic heterocycles. The SMILES string of the molecule is c1cncc(CNc2cc(-c3cccnc3)nc(NC3CC3)n2)c1. The van der Waals surface area contributed by atoms with Crippen LogP contribution in [-0.4, -0.2) is 26.0 Å². The number of hydrogen-bond donors (Lipinski definition) is 2.